The summed E-state index contributed by atoms with van der Waals surface area (Å²) in [5, 5.41) is 10.9. The maximum Gasteiger partial charge on any atom is 0.329 e. The van der Waals surface area contributed by atoms with E-state index in [9.17, 15) is 9.59 Å². The molecule has 6 nitrogen and oxygen atoms in total. The minimum absolute atomic E-state index is 0.0819. The van der Waals surface area contributed by atoms with Crippen molar-refractivity contribution in [1.82, 2.24) is 5.32 Å². The number of carbonyl (C=O) groups excluding carboxylic acids is 1. The van der Waals surface area contributed by atoms with Crippen LogP contribution in [0.2, 0.25) is 0 Å². The number of hydrogen-bond acceptors (Lipinski definition) is 4. The van der Waals surface area contributed by atoms with Crippen molar-refractivity contribution in [2.75, 3.05) is 26.4 Å². The smallest absolute Gasteiger partial charge is 0.329 e. The number of aliphatic carboxylic acids is 1. The van der Waals surface area contributed by atoms with Crippen LogP contribution in [0.5, 0.6) is 5.75 Å². The molecule has 0 aliphatic rings. The van der Waals surface area contributed by atoms with Crippen LogP contribution in [0.1, 0.15) is 11.1 Å². The average Bonchev–Trinajstić information content (AvgIpc) is 2.39. The van der Waals surface area contributed by atoms with E-state index in [1.165, 1.54) is 0 Å². The fraction of sp³-hybridized carbons (Fsp3) is 0.429. The largest absolute Gasteiger partial charge is 0.484 e. The topological polar surface area (TPSA) is 84.9 Å². The Labute approximate surface area is 117 Å². The van der Waals surface area contributed by atoms with Crippen molar-refractivity contribution in [3.8, 4) is 5.75 Å². The third-order valence-electron chi connectivity index (χ3n) is 2.64. The van der Waals surface area contributed by atoms with Gasteiger partial charge in [0.25, 0.3) is 5.91 Å². The molecule has 0 bridgehead atoms. The van der Waals surface area contributed by atoms with Gasteiger partial charge < -0.3 is 19.9 Å². The van der Waals surface area contributed by atoms with Crippen molar-refractivity contribution in [3.63, 3.8) is 0 Å². The molecule has 0 fully saturated rings. The Kier molecular flexibility index (Phi) is 6.52. The molecule has 0 aliphatic heterocycles. The second kappa shape index (κ2) is 8.16. The van der Waals surface area contributed by atoms with Crippen molar-refractivity contribution < 1.29 is 24.2 Å². The van der Waals surface area contributed by atoms with Gasteiger partial charge in [0.2, 0.25) is 0 Å². The first-order valence-corrected chi connectivity index (χ1v) is 6.25. The standard InChI is InChI=1S/C14H19NO5/c1-10-3-4-12(7-11(10)2)20-8-13(16)15-5-6-19-9-14(17)18/h3-4,7H,5-6,8-9H2,1-2H3,(H,15,16)(H,17,18). The zero-order valence-electron chi connectivity index (χ0n) is 11.6. The number of hydrogen-bond donors (Lipinski definition) is 2. The molecule has 0 aliphatic carbocycles. The maximum atomic E-state index is 11.5. The minimum Gasteiger partial charge on any atom is -0.484 e. The summed E-state index contributed by atoms with van der Waals surface area (Å²) in [4.78, 5) is 21.6. The molecule has 1 aromatic carbocycles. The van der Waals surface area contributed by atoms with Crippen LogP contribution in [-0.2, 0) is 14.3 Å². The number of ether oxygens (including phenoxy) is 2. The van der Waals surface area contributed by atoms with E-state index >= 15 is 0 Å². The molecule has 0 spiro atoms. The average molecular weight is 281 g/mol. The molecule has 6 heteroatoms. The van der Waals surface area contributed by atoms with E-state index in [-0.39, 0.29) is 32.3 Å². The van der Waals surface area contributed by atoms with Gasteiger partial charge in [-0.1, -0.05) is 6.07 Å². The predicted molar refractivity (Wildman–Crippen MR) is 72.9 cm³/mol. The first-order valence-electron chi connectivity index (χ1n) is 6.25. The molecule has 1 rings (SSSR count). The number of carbonyl (C=O) groups is 2. The molecule has 0 saturated carbocycles. The van der Waals surface area contributed by atoms with E-state index in [1.54, 1.807) is 0 Å². The minimum atomic E-state index is -1.03. The summed E-state index contributed by atoms with van der Waals surface area (Å²) >= 11 is 0. The van der Waals surface area contributed by atoms with E-state index in [1.807, 2.05) is 32.0 Å². The number of nitrogens with one attached hydrogen (secondary N) is 1. The Balaban J connectivity index is 2.19. The number of amides is 1. The second-order valence-electron chi connectivity index (χ2n) is 4.33. The molecule has 0 unspecified atom stereocenters. The highest BCUT2D eigenvalue weighted by atomic mass is 16.5. The van der Waals surface area contributed by atoms with Gasteiger partial charge >= 0.3 is 5.97 Å². The highest BCUT2D eigenvalue weighted by molar-refractivity contribution is 5.77. The van der Waals surface area contributed by atoms with Crippen molar-refractivity contribution in [2.45, 2.75) is 13.8 Å². The van der Waals surface area contributed by atoms with Gasteiger partial charge in [0.1, 0.15) is 12.4 Å². The molecule has 0 atom stereocenters. The van der Waals surface area contributed by atoms with E-state index < -0.39 is 5.97 Å². The second-order valence-corrected chi connectivity index (χ2v) is 4.33. The van der Waals surface area contributed by atoms with E-state index in [2.05, 4.69) is 5.32 Å². The van der Waals surface area contributed by atoms with Gasteiger partial charge in [0, 0.05) is 6.54 Å². The van der Waals surface area contributed by atoms with Crippen molar-refractivity contribution in [2.24, 2.45) is 0 Å². The lowest BCUT2D eigenvalue weighted by molar-refractivity contribution is -0.142. The summed E-state index contributed by atoms with van der Waals surface area (Å²) < 4.78 is 10.1. The lowest BCUT2D eigenvalue weighted by Crippen LogP contribution is -2.32. The maximum absolute atomic E-state index is 11.5. The molecular weight excluding hydrogens is 262 g/mol. The van der Waals surface area contributed by atoms with Gasteiger partial charge in [-0.15, -0.1) is 0 Å². The zero-order valence-corrected chi connectivity index (χ0v) is 11.6. The summed E-state index contributed by atoms with van der Waals surface area (Å²) in [5.74, 6) is -0.665. The van der Waals surface area contributed by atoms with Gasteiger partial charge in [-0.25, -0.2) is 4.79 Å². The van der Waals surface area contributed by atoms with Crippen LogP contribution >= 0.6 is 0 Å². The lowest BCUT2D eigenvalue weighted by Gasteiger charge is -2.09. The molecule has 1 amide bonds. The third-order valence-corrected chi connectivity index (χ3v) is 2.64. The van der Waals surface area contributed by atoms with Crippen LogP contribution in [0.15, 0.2) is 18.2 Å². The Bertz CT molecular complexity index is 473. The van der Waals surface area contributed by atoms with Gasteiger partial charge in [-0.05, 0) is 37.1 Å². The Morgan fingerprint density at radius 3 is 2.60 bits per heavy atom. The quantitative estimate of drug-likeness (QED) is 0.692. The summed E-state index contributed by atoms with van der Waals surface area (Å²) in [5.41, 5.74) is 2.27. The summed E-state index contributed by atoms with van der Waals surface area (Å²) in [6.45, 7) is 3.94. The van der Waals surface area contributed by atoms with Crippen LogP contribution < -0.4 is 10.1 Å². The Morgan fingerprint density at radius 2 is 1.95 bits per heavy atom. The normalized spacial score (nSPS) is 10.1. The summed E-state index contributed by atoms with van der Waals surface area (Å²) in [6, 6.07) is 5.62. The Hall–Kier alpha value is -2.08. The number of rotatable bonds is 8. The number of carboxylic acid groups (broad SMARTS) is 1. The third kappa shape index (κ3) is 6.19. The fourth-order valence-corrected chi connectivity index (χ4v) is 1.43. The monoisotopic (exact) mass is 281 g/mol. The van der Waals surface area contributed by atoms with E-state index in [4.69, 9.17) is 14.6 Å². The zero-order chi connectivity index (χ0) is 15.0. The highest BCUT2D eigenvalue weighted by Crippen LogP contribution is 2.16. The predicted octanol–water partition coefficient (Wildman–Crippen LogP) is 0.900. The molecule has 2 N–H and O–H groups in total. The molecular formula is C14H19NO5. The molecule has 0 aromatic heterocycles. The van der Waals surface area contributed by atoms with Gasteiger partial charge in [0.15, 0.2) is 6.61 Å². The molecule has 1 aromatic rings. The fourth-order valence-electron chi connectivity index (χ4n) is 1.43. The van der Waals surface area contributed by atoms with Crippen molar-refractivity contribution >= 4 is 11.9 Å². The first kappa shape index (κ1) is 16.0. The van der Waals surface area contributed by atoms with Crippen LogP contribution in [0.4, 0.5) is 0 Å². The van der Waals surface area contributed by atoms with Crippen LogP contribution in [0, 0.1) is 13.8 Å². The summed E-state index contributed by atoms with van der Waals surface area (Å²) in [6.07, 6.45) is 0. The van der Waals surface area contributed by atoms with Crippen LogP contribution in [0.25, 0.3) is 0 Å². The first-order chi connectivity index (χ1) is 9.49. The number of carboxylic acids is 1. The lowest BCUT2D eigenvalue weighted by atomic mass is 10.1. The molecule has 0 heterocycles. The number of aryl methyl sites for hydroxylation is 2. The molecule has 0 radical (unpaired) electrons. The molecule has 0 saturated heterocycles. The molecule has 20 heavy (non-hydrogen) atoms. The van der Waals surface area contributed by atoms with Crippen molar-refractivity contribution in [3.05, 3.63) is 29.3 Å². The van der Waals surface area contributed by atoms with Gasteiger partial charge in [-0.2, -0.15) is 0 Å². The van der Waals surface area contributed by atoms with E-state index in [0.29, 0.717) is 5.75 Å². The van der Waals surface area contributed by atoms with Crippen LogP contribution in [-0.4, -0.2) is 43.3 Å². The Morgan fingerprint density at radius 1 is 1.20 bits per heavy atom. The highest BCUT2D eigenvalue weighted by Gasteiger charge is 2.03. The van der Waals surface area contributed by atoms with Gasteiger partial charge in [0.05, 0.1) is 6.61 Å². The number of benzene rings is 1. The summed E-state index contributed by atoms with van der Waals surface area (Å²) in [7, 11) is 0. The van der Waals surface area contributed by atoms with E-state index in [0.717, 1.165) is 11.1 Å². The molecule has 110 valence electrons. The SMILES string of the molecule is Cc1ccc(OCC(=O)NCCOCC(=O)O)cc1C. The van der Waals surface area contributed by atoms with Gasteiger partial charge in [-0.3, -0.25) is 4.79 Å². The van der Waals surface area contributed by atoms with Crippen molar-refractivity contribution in [1.29, 1.82) is 0 Å². The van der Waals surface area contributed by atoms with Crippen LogP contribution in [0.3, 0.4) is 0 Å².